The number of benzene rings is 2. The molecule has 0 aliphatic heterocycles. The Kier molecular flexibility index (Phi) is 4.97. The van der Waals surface area contributed by atoms with Gasteiger partial charge >= 0.3 is 0 Å². The molecular formula is C18H19FN2. The Balaban J connectivity index is 2.22. The second kappa shape index (κ2) is 6.92. The Morgan fingerprint density at radius 2 is 1.95 bits per heavy atom. The van der Waals surface area contributed by atoms with Crippen molar-refractivity contribution in [2.24, 2.45) is 5.73 Å². The van der Waals surface area contributed by atoms with E-state index in [1.165, 1.54) is 11.6 Å². The summed E-state index contributed by atoms with van der Waals surface area (Å²) in [6, 6.07) is 13.2. The van der Waals surface area contributed by atoms with Crippen LogP contribution in [0.1, 0.15) is 16.7 Å². The smallest absolute Gasteiger partial charge is 0.138 e. The van der Waals surface area contributed by atoms with E-state index in [1.54, 1.807) is 12.1 Å². The Labute approximate surface area is 125 Å². The number of halogens is 1. The zero-order valence-corrected chi connectivity index (χ0v) is 12.4. The van der Waals surface area contributed by atoms with E-state index in [9.17, 15) is 4.39 Å². The Morgan fingerprint density at radius 1 is 1.19 bits per heavy atom. The van der Waals surface area contributed by atoms with Crippen LogP contribution in [0.3, 0.4) is 0 Å². The van der Waals surface area contributed by atoms with Crippen molar-refractivity contribution in [1.82, 2.24) is 0 Å². The molecule has 2 N–H and O–H groups in total. The molecule has 0 bridgehead atoms. The topological polar surface area (TPSA) is 29.3 Å². The van der Waals surface area contributed by atoms with E-state index >= 15 is 0 Å². The molecule has 2 aromatic rings. The fourth-order valence-electron chi connectivity index (χ4n) is 2.26. The minimum atomic E-state index is -0.307. The van der Waals surface area contributed by atoms with Crippen molar-refractivity contribution in [3.63, 3.8) is 0 Å². The quantitative estimate of drug-likeness (QED) is 0.877. The van der Waals surface area contributed by atoms with E-state index in [0.29, 0.717) is 12.1 Å². The average molecular weight is 282 g/mol. The molecule has 0 aliphatic carbocycles. The first-order valence-electron chi connectivity index (χ1n) is 6.86. The van der Waals surface area contributed by atoms with Gasteiger partial charge in [0.2, 0.25) is 0 Å². The lowest BCUT2D eigenvalue weighted by atomic mass is 10.1. The number of nitrogens with two attached hydrogens (primary N) is 1. The van der Waals surface area contributed by atoms with E-state index in [0.717, 1.165) is 11.3 Å². The highest BCUT2D eigenvalue weighted by Gasteiger charge is 2.07. The molecule has 0 aromatic heterocycles. The van der Waals surface area contributed by atoms with Crippen LogP contribution in [0.25, 0.3) is 0 Å². The fraction of sp³-hybridized carbons (Fsp3) is 0.222. The SMILES string of the molecule is Cc1ccccc1N(C)Cc1ccc(F)c(C#CCN)c1. The Bertz CT molecular complexity index is 683. The van der Waals surface area contributed by atoms with Crippen molar-refractivity contribution < 1.29 is 4.39 Å². The van der Waals surface area contributed by atoms with Crippen molar-refractivity contribution in [3.8, 4) is 11.8 Å². The van der Waals surface area contributed by atoms with Crippen LogP contribution in [0.15, 0.2) is 42.5 Å². The van der Waals surface area contributed by atoms with Gasteiger partial charge in [0.1, 0.15) is 5.82 Å². The number of rotatable bonds is 3. The average Bonchev–Trinajstić information content (AvgIpc) is 2.48. The van der Waals surface area contributed by atoms with Crippen molar-refractivity contribution in [2.45, 2.75) is 13.5 Å². The first-order valence-corrected chi connectivity index (χ1v) is 6.86. The highest BCUT2D eigenvalue weighted by atomic mass is 19.1. The van der Waals surface area contributed by atoms with Gasteiger partial charge in [0.05, 0.1) is 12.1 Å². The van der Waals surface area contributed by atoms with Gasteiger partial charge in [-0.1, -0.05) is 36.1 Å². The predicted octanol–water partition coefficient (Wildman–Crippen LogP) is 3.08. The Hall–Kier alpha value is -2.31. The minimum absolute atomic E-state index is 0.229. The van der Waals surface area contributed by atoms with Crippen LogP contribution in [0.5, 0.6) is 0 Å². The number of para-hydroxylation sites is 1. The van der Waals surface area contributed by atoms with Crippen molar-refractivity contribution in [2.75, 3.05) is 18.5 Å². The van der Waals surface area contributed by atoms with Gasteiger partial charge in [0, 0.05) is 19.3 Å². The second-order valence-electron chi connectivity index (χ2n) is 4.96. The summed E-state index contributed by atoms with van der Waals surface area (Å²) < 4.78 is 13.7. The van der Waals surface area contributed by atoms with Crippen LogP contribution in [0.2, 0.25) is 0 Å². The number of nitrogens with zero attached hydrogens (tertiary/aromatic N) is 1. The molecule has 0 aliphatic rings. The lowest BCUT2D eigenvalue weighted by Crippen LogP contribution is -2.17. The molecule has 2 rings (SSSR count). The first kappa shape index (κ1) is 15.1. The summed E-state index contributed by atoms with van der Waals surface area (Å²) in [5, 5.41) is 0. The van der Waals surface area contributed by atoms with Crippen LogP contribution < -0.4 is 10.6 Å². The number of anilines is 1. The van der Waals surface area contributed by atoms with Crippen LogP contribution in [-0.2, 0) is 6.54 Å². The maximum absolute atomic E-state index is 13.7. The Morgan fingerprint density at radius 3 is 2.67 bits per heavy atom. The van der Waals surface area contributed by atoms with Crippen molar-refractivity contribution >= 4 is 5.69 Å². The van der Waals surface area contributed by atoms with Gasteiger partial charge in [0.25, 0.3) is 0 Å². The fourth-order valence-corrected chi connectivity index (χ4v) is 2.26. The molecule has 108 valence electrons. The summed E-state index contributed by atoms with van der Waals surface area (Å²) in [6.45, 7) is 3.00. The van der Waals surface area contributed by atoms with Crippen LogP contribution in [-0.4, -0.2) is 13.6 Å². The number of hydrogen-bond acceptors (Lipinski definition) is 2. The van der Waals surface area contributed by atoms with Crippen LogP contribution in [0.4, 0.5) is 10.1 Å². The third-order valence-corrected chi connectivity index (χ3v) is 3.30. The molecule has 2 nitrogen and oxygen atoms in total. The molecular weight excluding hydrogens is 263 g/mol. The van der Waals surface area contributed by atoms with Gasteiger partial charge in [-0.25, -0.2) is 4.39 Å². The lowest BCUT2D eigenvalue weighted by Gasteiger charge is -2.21. The molecule has 0 atom stereocenters. The maximum atomic E-state index is 13.7. The maximum Gasteiger partial charge on any atom is 0.138 e. The third kappa shape index (κ3) is 3.84. The highest BCUT2D eigenvalue weighted by molar-refractivity contribution is 5.53. The monoisotopic (exact) mass is 282 g/mol. The first-order chi connectivity index (χ1) is 10.1. The molecule has 0 radical (unpaired) electrons. The zero-order chi connectivity index (χ0) is 15.2. The molecule has 3 heteroatoms. The predicted molar refractivity (Wildman–Crippen MR) is 85.6 cm³/mol. The molecule has 0 saturated carbocycles. The molecule has 0 fully saturated rings. The molecule has 0 spiro atoms. The molecule has 0 saturated heterocycles. The van der Waals surface area contributed by atoms with Crippen molar-refractivity contribution in [3.05, 3.63) is 65.0 Å². The molecule has 2 aromatic carbocycles. The minimum Gasteiger partial charge on any atom is -0.370 e. The second-order valence-corrected chi connectivity index (χ2v) is 4.96. The van der Waals surface area contributed by atoms with E-state index in [4.69, 9.17) is 5.73 Å². The van der Waals surface area contributed by atoms with Gasteiger partial charge in [-0.15, -0.1) is 0 Å². The van der Waals surface area contributed by atoms with E-state index in [-0.39, 0.29) is 12.4 Å². The summed E-state index contributed by atoms with van der Waals surface area (Å²) in [4.78, 5) is 2.14. The van der Waals surface area contributed by atoms with E-state index in [1.807, 2.05) is 19.2 Å². The van der Waals surface area contributed by atoms with Gasteiger partial charge in [-0.2, -0.15) is 0 Å². The number of aryl methyl sites for hydroxylation is 1. The highest BCUT2D eigenvalue weighted by Crippen LogP contribution is 2.20. The number of hydrogen-bond donors (Lipinski definition) is 1. The molecule has 0 unspecified atom stereocenters. The zero-order valence-electron chi connectivity index (χ0n) is 12.4. The molecule has 21 heavy (non-hydrogen) atoms. The van der Waals surface area contributed by atoms with Crippen LogP contribution >= 0.6 is 0 Å². The third-order valence-electron chi connectivity index (χ3n) is 3.30. The van der Waals surface area contributed by atoms with Crippen molar-refractivity contribution in [1.29, 1.82) is 0 Å². The summed E-state index contributed by atoms with van der Waals surface area (Å²) in [5.41, 5.74) is 9.13. The summed E-state index contributed by atoms with van der Waals surface area (Å²) in [5.74, 6) is 5.15. The summed E-state index contributed by atoms with van der Waals surface area (Å²) in [7, 11) is 2.02. The molecule has 0 heterocycles. The van der Waals surface area contributed by atoms with Crippen LogP contribution in [0, 0.1) is 24.6 Å². The normalized spacial score (nSPS) is 9.90. The lowest BCUT2D eigenvalue weighted by molar-refractivity contribution is 0.623. The molecule has 0 amide bonds. The van der Waals surface area contributed by atoms with Gasteiger partial charge in [-0.05, 0) is 36.2 Å². The van der Waals surface area contributed by atoms with Gasteiger partial charge in [0.15, 0.2) is 0 Å². The summed E-state index contributed by atoms with van der Waals surface area (Å²) >= 11 is 0. The van der Waals surface area contributed by atoms with E-state index in [2.05, 4.69) is 35.8 Å². The standard InChI is InChI=1S/C18H19FN2/c1-14-6-3-4-8-18(14)21(2)13-15-9-10-17(19)16(12-15)7-5-11-20/h3-4,6,8-10,12H,11,13,20H2,1-2H3. The largest absolute Gasteiger partial charge is 0.370 e. The summed E-state index contributed by atoms with van der Waals surface area (Å²) in [6.07, 6.45) is 0. The van der Waals surface area contributed by atoms with Gasteiger partial charge in [-0.3, -0.25) is 0 Å². The van der Waals surface area contributed by atoms with Gasteiger partial charge < -0.3 is 10.6 Å². The van der Waals surface area contributed by atoms with E-state index < -0.39 is 0 Å².